The van der Waals surface area contributed by atoms with Gasteiger partial charge in [-0.3, -0.25) is 4.68 Å². The fraction of sp³-hybridized carbons (Fsp3) is 0.400. The zero-order valence-electron chi connectivity index (χ0n) is 15.6. The van der Waals surface area contributed by atoms with Gasteiger partial charge in [0.1, 0.15) is 0 Å². The quantitative estimate of drug-likeness (QED) is 0.647. The molecule has 3 heterocycles. The molecule has 1 aliphatic rings. The number of benzene rings is 1. The normalized spacial score (nSPS) is 16.8. The van der Waals surface area contributed by atoms with E-state index in [2.05, 4.69) is 26.4 Å². The van der Waals surface area contributed by atoms with Gasteiger partial charge in [-0.25, -0.2) is 4.79 Å². The minimum absolute atomic E-state index is 0.303. The van der Waals surface area contributed by atoms with E-state index in [1.165, 1.54) is 5.56 Å². The van der Waals surface area contributed by atoms with Crippen LogP contribution >= 0.6 is 0 Å². The van der Waals surface area contributed by atoms with E-state index in [9.17, 15) is 4.79 Å². The van der Waals surface area contributed by atoms with Gasteiger partial charge < -0.3 is 9.64 Å². The molecule has 1 aliphatic heterocycles. The lowest BCUT2D eigenvalue weighted by atomic mass is 10.0. The van der Waals surface area contributed by atoms with Gasteiger partial charge >= 0.3 is 5.97 Å². The fourth-order valence-electron chi connectivity index (χ4n) is 3.81. The number of hydrogen-bond donors (Lipinski definition) is 0. The van der Waals surface area contributed by atoms with E-state index < -0.39 is 5.97 Å². The van der Waals surface area contributed by atoms with Gasteiger partial charge in [0, 0.05) is 31.7 Å². The largest absolute Gasteiger partial charge is 0.461 e. The number of ether oxygens (including phenoxy) is 1. The second kappa shape index (κ2) is 7.34. The van der Waals surface area contributed by atoms with E-state index in [0.717, 1.165) is 42.5 Å². The van der Waals surface area contributed by atoms with Crippen molar-refractivity contribution < 1.29 is 9.53 Å². The Bertz CT molecular complexity index is 968. The van der Waals surface area contributed by atoms with Crippen molar-refractivity contribution in [1.29, 1.82) is 0 Å². The van der Waals surface area contributed by atoms with Crippen LogP contribution in [0.2, 0.25) is 0 Å². The van der Waals surface area contributed by atoms with Crippen LogP contribution < -0.4 is 4.90 Å². The molecule has 7 heteroatoms. The fourth-order valence-corrected chi connectivity index (χ4v) is 3.81. The SMILES string of the molecule is CCOC(=O)c1nnc2ccccc2c1N1CCC(Cc2cnn(C)c2)C1. The summed E-state index contributed by atoms with van der Waals surface area (Å²) >= 11 is 0. The highest BCUT2D eigenvalue weighted by molar-refractivity contribution is 6.03. The van der Waals surface area contributed by atoms with Crippen LogP contribution in [-0.4, -0.2) is 45.6 Å². The first-order valence-corrected chi connectivity index (χ1v) is 9.30. The van der Waals surface area contributed by atoms with Crippen LogP contribution in [0.3, 0.4) is 0 Å². The van der Waals surface area contributed by atoms with Crippen LogP contribution in [0.1, 0.15) is 29.4 Å². The molecule has 1 fully saturated rings. The van der Waals surface area contributed by atoms with Gasteiger partial charge in [-0.1, -0.05) is 18.2 Å². The monoisotopic (exact) mass is 365 g/mol. The number of nitrogens with zero attached hydrogens (tertiary/aromatic N) is 5. The summed E-state index contributed by atoms with van der Waals surface area (Å²) in [5.41, 5.74) is 3.18. The van der Waals surface area contributed by atoms with Crippen molar-refractivity contribution >= 4 is 22.6 Å². The van der Waals surface area contributed by atoms with Crippen molar-refractivity contribution in [3.05, 3.63) is 47.9 Å². The second-order valence-electron chi connectivity index (χ2n) is 6.96. The maximum absolute atomic E-state index is 12.5. The summed E-state index contributed by atoms with van der Waals surface area (Å²) in [7, 11) is 1.94. The lowest BCUT2D eigenvalue weighted by Gasteiger charge is -2.22. The van der Waals surface area contributed by atoms with Crippen LogP contribution in [0.25, 0.3) is 10.9 Å². The summed E-state index contributed by atoms with van der Waals surface area (Å²) in [6.45, 7) is 3.87. The van der Waals surface area contributed by atoms with Crippen LogP contribution in [0, 0.1) is 5.92 Å². The first-order valence-electron chi connectivity index (χ1n) is 9.30. The number of anilines is 1. The number of esters is 1. The van der Waals surface area contributed by atoms with E-state index in [4.69, 9.17) is 4.74 Å². The predicted molar refractivity (Wildman–Crippen MR) is 103 cm³/mol. The highest BCUT2D eigenvalue weighted by atomic mass is 16.5. The smallest absolute Gasteiger partial charge is 0.361 e. The third-order valence-electron chi connectivity index (χ3n) is 4.99. The summed E-state index contributed by atoms with van der Waals surface area (Å²) in [6, 6.07) is 7.81. The van der Waals surface area contributed by atoms with Gasteiger partial charge in [-0.2, -0.15) is 5.10 Å². The number of hydrogen-bond acceptors (Lipinski definition) is 6. The number of carbonyl (C=O) groups is 1. The summed E-state index contributed by atoms with van der Waals surface area (Å²) in [5, 5.41) is 13.6. The number of rotatable bonds is 5. The Morgan fingerprint density at radius 1 is 1.30 bits per heavy atom. The van der Waals surface area contributed by atoms with Crippen molar-refractivity contribution in [3.8, 4) is 0 Å². The standard InChI is InChI=1S/C20H23N5O2/c1-3-27-20(26)18-19(16-6-4-5-7-17(16)22-23-18)25-9-8-14(13-25)10-15-11-21-24(2)12-15/h4-7,11-12,14H,3,8-10,13H2,1-2H3. The molecule has 3 aromatic rings. The van der Waals surface area contributed by atoms with Crippen LogP contribution in [0.4, 0.5) is 5.69 Å². The molecule has 0 bridgehead atoms. The van der Waals surface area contributed by atoms with E-state index in [-0.39, 0.29) is 0 Å². The lowest BCUT2D eigenvalue weighted by molar-refractivity contribution is 0.0519. The highest BCUT2D eigenvalue weighted by Crippen LogP contribution is 2.33. The first kappa shape index (κ1) is 17.5. The number of carbonyl (C=O) groups excluding carboxylic acids is 1. The van der Waals surface area contributed by atoms with E-state index in [1.54, 1.807) is 6.92 Å². The predicted octanol–water partition coefficient (Wildman–Crippen LogP) is 2.61. The van der Waals surface area contributed by atoms with Gasteiger partial charge in [0.25, 0.3) is 0 Å². The molecular weight excluding hydrogens is 342 g/mol. The van der Waals surface area contributed by atoms with Gasteiger partial charge in [0.05, 0.1) is 24.0 Å². The third kappa shape index (κ3) is 3.49. The Morgan fingerprint density at radius 2 is 2.15 bits per heavy atom. The Hall–Kier alpha value is -2.96. The van der Waals surface area contributed by atoms with E-state index >= 15 is 0 Å². The molecule has 140 valence electrons. The van der Waals surface area contributed by atoms with E-state index in [0.29, 0.717) is 18.2 Å². The Balaban J connectivity index is 1.65. The van der Waals surface area contributed by atoms with Gasteiger partial charge in [0.15, 0.2) is 5.69 Å². The van der Waals surface area contributed by atoms with Gasteiger partial charge in [0.2, 0.25) is 0 Å². The molecule has 1 saturated heterocycles. The maximum Gasteiger partial charge on any atom is 0.361 e. The zero-order chi connectivity index (χ0) is 18.8. The number of fused-ring (bicyclic) bond motifs is 1. The van der Waals surface area contributed by atoms with Crippen LogP contribution in [0.5, 0.6) is 0 Å². The van der Waals surface area contributed by atoms with Crippen molar-refractivity contribution in [3.63, 3.8) is 0 Å². The van der Waals surface area contributed by atoms with E-state index in [1.807, 2.05) is 42.2 Å². The number of aromatic nitrogens is 4. The topological polar surface area (TPSA) is 73.1 Å². The lowest BCUT2D eigenvalue weighted by Crippen LogP contribution is -2.24. The zero-order valence-corrected chi connectivity index (χ0v) is 15.6. The van der Waals surface area contributed by atoms with Gasteiger partial charge in [-0.05, 0) is 37.3 Å². The molecule has 0 amide bonds. The average molecular weight is 365 g/mol. The molecule has 0 N–H and O–H groups in total. The molecule has 1 aromatic carbocycles. The summed E-state index contributed by atoms with van der Waals surface area (Å²) in [5.74, 6) is 0.0950. The molecule has 27 heavy (non-hydrogen) atoms. The molecular formula is C20H23N5O2. The number of aryl methyl sites for hydroxylation is 1. The Labute approximate surface area is 157 Å². The molecule has 1 unspecified atom stereocenters. The second-order valence-corrected chi connectivity index (χ2v) is 6.96. The van der Waals surface area contributed by atoms with Gasteiger partial charge in [-0.15, -0.1) is 10.2 Å². The Morgan fingerprint density at radius 3 is 2.93 bits per heavy atom. The van der Waals surface area contributed by atoms with Crippen molar-refractivity contribution in [2.75, 3.05) is 24.6 Å². The molecule has 4 rings (SSSR count). The van der Waals surface area contributed by atoms with Crippen molar-refractivity contribution in [2.45, 2.75) is 19.8 Å². The van der Waals surface area contributed by atoms with Crippen molar-refractivity contribution in [2.24, 2.45) is 13.0 Å². The highest BCUT2D eigenvalue weighted by Gasteiger charge is 2.29. The minimum Gasteiger partial charge on any atom is -0.461 e. The minimum atomic E-state index is -0.415. The third-order valence-corrected chi connectivity index (χ3v) is 4.99. The molecule has 1 atom stereocenters. The maximum atomic E-state index is 12.5. The van der Waals surface area contributed by atoms with Crippen molar-refractivity contribution in [1.82, 2.24) is 20.0 Å². The molecule has 0 spiro atoms. The molecule has 0 radical (unpaired) electrons. The average Bonchev–Trinajstić information content (AvgIpc) is 3.30. The molecule has 0 saturated carbocycles. The Kier molecular flexibility index (Phi) is 4.75. The molecule has 0 aliphatic carbocycles. The summed E-state index contributed by atoms with van der Waals surface area (Å²) in [6.07, 6.45) is 6.04. The molecule has 2 aromatic heterocycles. The molecule has 7 nitrogen and oxygen atoms in total. The first-order chi connectivity index (χ1) is 13.2. The van der Waals surface area contributed by atoms with Crippen LogP contribution in [-0.2, 0) is 18.2 Å². The van der Waals surface area contributed by atoms with Crippen LogP contribution in [0.15, 0.2) is 36.7 Å². The summed E-state index contributed by atoms with van der Waals surface area (Å²) in [4.78, 5) is 14.7. The summed E-state index contributed by atoms with van der Waals surface area (Å²) < 4.78 is 7.06.